The predicted molar refractivity (Wildman–Crippen MR) is 78.3 cm³/mol. The van der Waals surface area contributed by atoms with Crippen molar-refractivity contribution >= 4 is 11.6 Å². The van der Waals surface area contributed by atoms with Gasteiger partial charge in [0.2, 0.25) is 0 Å². The summed E-state index contributed by atoms with van der Waals surface area (Å²) in [5.41, 5.74) is 5.10. The van der Waals surface area contributed by atoms with Crippen LogP contribution in [0, 0.1) is 12.7 Å². The molecule has 0 heterocycles. The van der Waals surface area contributed by atoms with Crippen molar-refractivity contribution in [2.24, 2.45) is 5.84 Å². The second-order valence-electron chi connectivity index (χ2n) is 4.49. The highest BCUT2D eigenvalue weighted by Crippen LogP contribution is 2.34. The lowest BCUT2D eigenvalue weighted by molar-refractivity contribution is 0.404. The van der Waals surface area contributed by atoms with Crippen LogP contribution in [0.4, 0.5) is 4.39 Å². The number of halogens is 2. The van der Waals surface area contributed by atoms with Crippen molar-refractivity contribution in [2.75, 3.05) is 7.11 Å². The zero-order valence-corrected chi connectivity index (χ0v) is 12.0. The molecule has 106 valence electrons. The normalized spacial score (nSPS) is 12.2. The van der Waals surface area contributed by atoms with Crippen LogP contribution in [-0.4, -0.2) is 7.11 Å². The lowest BCUT2D eigenvalue weighted by atomic mass is 9.96. The third-order valence-corrected chi connectivity index (χ3v) is 3.55. The molecule has 2 aromatic carbocycles. The molecule has 3 nitrogen and oxygen atoms in total. The molecule has 0 aromatic heterocycles. The molecular formula is C15H16ClFN2O. The number of rotatable bonds is 4. The highest BCUT2D eigenvalue weighted by Gasteiger charge is 2.21. The van der Waals surface area contributed by atoms with Gasteiger partial charge in [-0.05, 0) is 24.6 Å². The topological polar surface area (TPSA) is 47.3 Å². The van der Waals surface area contributed by atoms with E-state index in [2.05, 4.69) is 5.43 Å². The van der Waals surface area contributed by atoms with Gasteiger partial charge in [0.15, 0.2) is 0 Å². The number of benzene rings is 2. The summed E-state index contributed by atoms with van der Waals surface area (Å²) >= 11 is 6.04. The molecule has 1 atom stereocenters. The number of nitrogens with one attached hydrogen (secondary N) is 1. The van der Waals surface area contributed by atoms with Crippen molar-refractivity contribution in [1.29, 1.82) is 0 Å². The van der Waals surface area contributed by atoms with E-state index in [-0.39, 0.29) is 5.02 Å². The maximum atomic E-state index is 13.6. The highest BCUT2D eigenvalue weighted by molar-refractivity contribution is 6.31. The fraction of sp³-hybridized carbons (Fsp3) is 0.200. The number of hydrazine groups is 1. The Morgan fingerprint density at radius 2 is 2.00 bits per heavy atom. The molecule has 0 fully saturated rings. The van der Waals surface area contributed by atoms with Crippen LogP contribution in [0.1, 0.15) is 22.7 Å². The maximum absolute atomic E-state index is 13.6. The third-order valence-electron chi connectivity index (χ3n) is 3.16. The first-order valence-corrected chi connectivity index (χ1v) is 6.51. The lowest BCUT2D eigenvalue weighted by Gasteiger charge is -2.21. The summed E-state index contributed by atoms with van der Waals surface area (Å²) < 4.78 is 19.0. The Morgan fingerprint density at radius 1 is 1.25 bits per heavy atom. The minimum Gasteiger partial charge on any atom is -0.496 e. The monoisotopic (exact) mass is 294 g/mol. The van der Waals surface area contributed by atoms with Crippen LogP contribution in [0.3, 0.4) is 0 Å². The Bertz CT molecular complexity index is 619. The molecule has 3 N–H and O–H groups in total. The predicted octanol–water partition coefficient (Wildman–Crippen LogP) is 3.35. The third kappa shape index (κ3) is 2.77. The Hall–Kier alpha value is -1.62. The van der Waals surface area contributed by atoms with E-state index >= 15 is 0 Å². The van der Waals surface area contributed by atoms with Gasteiger partial charge in [-0.15, -0.1) is 0 Å². The molecule has 0 saturated carbocycles. The van der Waals surface area contributed by atoms with Crippen molar-refractivity contribution in [3.63, 3.8) is 0 Å². The molecule has 20 heavy (non-hydrogen) atoms. The average molecular weight is 295 g/mol. The molecule has 2 aromatic rings. The number of hydrogen-bond acceptors (Lipinski definition) is 3. The summed E-state index contributed by atoms with van der Waals surface area (Å²) in [6.45, 7) is 1.96. The first kappa shape index (κ1) is 14.8. The van der Waals surface area contributed by atoms with E-state index in [4.69, 9.17) is 22.2 Å². The van der Waals surface area contributed by atoms with Crippen LogP contribution in [0.5, 0.6) is 5.75 Å². The van der Waals surface area contributed by atoms with Crippen molar-refractivity contribution in [2.45, 2.75) is 13.0 Å². The van der Waals surface area contributed by atoms with E-state index in [1.54, 1.807) is 19.2 Å². The first-order valence-electron chi connectivity index (χ1n) is 6.13. The van der Waals surface area contributed by atoms with Gasteiger partial charge in [0.05, 0.1) is 18.2 Å². The van der Waals surface area contributed by atoms with E-state index in [9.17, 15) is 4.39 Å². The largest absolute Gasteiger partial charge is 0.496 e. The zero-order valence-electron chi connectivity index (χ0n) is 11.3. The molecule has 0 spiro atoms. The molecule has 2 rings (SSSR count). The number of hydrogen-bond donors (Lipinski definition) is 2. The highest BCUT2D eigenvalue weighted by atomic mass is 35.5. The molecular weight excluding hydrogens is 279 g/mol. The fourth-order valence-corrected chi connectivity index (χ4v) is 2.40. The van der Waals surface area contributed by atoms with Gasteiger partial charge in [-0.1, -0.05) is 41.4 Å². The molecule has 0 aliphatic carbocycles. The van der Waals surface area contributed by atoms with Crippen LogP contribution in [0.25, 0.3) is 0 Å². The van der Waals surface area contributed by atoms with Crippen LogP contribution in [-0.2, 0) is 0 Å². The van der Waals surface area contributed by atoms with Gasteiger partial charge in [0, 0.05) is 5.56 Å². The molecule has 0 aliphatic heterocycles. The van der Waals surface area contributed by atoms with Crippen LogP contribution < -0.4 is 16.0 Å². The number of aryl methyl sites for hydroxylation is 1. The van der Waals surface area contributed by atoms with Crippen molar-refractivity contribution in [1.82, 2.24) is 5.43 Å². The van der Waals surface area contributed by atoms with E-state index in [1.807, 2.05) is 25.1 Å². The number of nitrogens with two attached hydrogens (primary N) is 1. The quantitative estimate of drug-likeness (QED) is 0.671. The molecule has 0 aliphatic rings. The van der Waals surface area contributed by atoms with Crippen LogP contribution >= 0.6 is 11.6 Å². The van der Waals surface area contributed by atoms with Crippen molar-refractivity contribution in [3.05, 3.63) is 63.9 Å². The van der Waals surface area contributed by atoms with Crippen molar-refractivity contribution < 1.29 is 9.13 Å². The Labute approximate surface area is 122 Å². The van der Waals surface area contributed by atoms with Gasteiger partial charge in [0.25, 0.3) is 0 Å². The second kappa shape index (κ2) is 6.22. The molecule has 0 saturated heterocycles. The van der Waals surface area contributed by atoms with Gasteiger partial charge in [0.1, 0.15) is 11.6 Å². The minimum atomic E-state index is -0.476. The Morgan fingerprint density at radius 3 is 2.65 bits per heavy atom. The van der Waals surface area contributed by atoms with Crippen LogP contribution in [0.2, 0.25) is 5.02 Å². The smallest absolute Gasteiger partial charge is 0.142 e. The second-order valence-corrected chi connectivity index (χ2v) is 4.87. The van der Waals surface area contributed by atoms with Gasteiger partial charge >= 0.3 is 0 Å². The molecule has 0 radical (unpaired) electrons. The SMILES string of the molecule is COc1ccc(C)cc1C(NN)c1cccc(F)c1Cl. The van der Waals surface area contributed by atoms with Crippen molar-refractivity contribution in [3.8, 4) is 5.75 Å². The Kier molecular flexibility index (Phi) is 4.60. The summed E-state index contributed by atoms with van der Waals surface area (Å²) in [5, 5.41) is 0.0546. The summed E-state index contributed by atoms with van der Waals surface area (Å²) in [5.74, 6) is 5.83. The maximum Gasteiger partial charge on any atom is 0.142 e. The van der Waals surface area contributed by atoms with Gasteiger partial charge in [-0.2, -0.15) is 0 Å². The summed E-state index contributed by atoms with van der Waals surface area (Å²) in [7, 11) is 1.58. The molecule has 0 amide bonds. The zero-order chi connectivity index (χ0) is 14.7. The molecule has 5 heteroatoms. The van der Waals surface area contributed by atoms with Gasteiger partial charge < -0.3 is 4.74 Å². The van der Waals surface area contributed by atoms with E-state index < -0.39 is 11.9 Å². The van der Waals surface area contributed by atoms with E-state index in [0.717, 1.165) is 11.1 Å². The Balaban J connectivity index is 2.58. The van der Waals surface area contributed by atoms with E-state index in [1.165, 1.54) is 6.07 Å². The fourth-order valence-electron chi connectivity index (χ4n) is 2.17. The number of methoxy groups -OCH3 is 1. The standard InChI is InChI=1S/C15H16ClFN2O/c1-9-6-7-13(20-2)11(8-9)15(19-18)10-4-3-5-12(17)14(10)16/h3-8,15,19H,18H2,1-2H3. The minimum absolute atomic E-state index is 0.0546. The van der Waals surface area contributed by atoms with Gasteiger partial charge in [-0.25, -0.2) is 9.82 Å². The molecule has 0 bridgehead atoms. The van der Waals surface area contributed by atoms with Crippen LogP contribution in [0.15, 0.2) is 36.4 Å². The lowest BCUT2D eigenvalue weighted by Crippen LogP contribution is -2.29. The summed E-state index contributed by atoms with van der Waals surface area (Å²) in [6.07, 6.45) is 0. The van der Waals surface area contributed by atoms with Gasteiger partial charge in [-0.3, -0.25) is 5.84 Å². The molecule has 1 unspecified atom stereocenters. The van der Waals surface area contributed by atoms with E-state index in [0.29, 0.717) is 11.3 Å². The summed E-state index contributed by atoms with van der Waals surface area (Å²) in [6, 6.07) is 9.91. The first-order chi connectivity index (χ1) is 9.58. The number of ether oxygens (including phenoxy) is 1. The summed E-state index contributed by atoms with van der Waals surface area (Å²) in [4.78, 5) is 0. The average Bonchev–Trinajstić information content (AvgIpc) is 2.44.